The first kappa shape index (κ1) is 16.7. The summed E-state index contributed by atoms with van der Waals surface area (Å²) < 4.78 is 0. The first-order chi connectivity index (χ1) is 11.0. The van der Waals surface area contributed by atoms with Gasteiger partial charge in [-0.2, -0.15) is 0 Å². The third-order valence-corrected chi connectivity index (χ3v) is 3.63. The number of carbonyl (C=O) groups is 2. The van der Waals surface area contributed by atoms with E-state index in [1.807, 2.05) is 44.2 Å². The van der Waals surface area contributed by atoms with Crippen LogP contribution in [-0.2, 0) is 4.79 Å². The van der Waals surface area contributed by atoms with Crippen LogP contribution in [0.25, 0.3) is 0 Å². The number of nitrogens with two attached hydrogens (primary N) is 1. The molecule has 2 aromatic rings. The van der Waals surface area contributed by atoms with Crippen molar-refractivity contribution in [1.29, 1.82) is 0 Å². The number of benzene rings is 2. The maximum absolute atomic E-state index is 12.2. The highest BCUT2D eigenvalue weighted by molar-refractivity contribution is 5.96. The van der Waals surface area contributed by atoms with Crippen LogP contribution in [0.5, 0.6) is 0 Å². The highest BCUT2D eigenvalue weighted by atomic mass is 16.2. The summed E-state index contributed by atoms with van der Waals surface area (Å²) >= 11 is 0. The molecule has 2 aromatic carbocycles. The summed E-state index contributed by atoms with van der Waals surface area (Å²) in [6, 6.07) is 16.1. The maximum atomic E-state index is 12.2. The third-order valence-electron chi connectivity index (χ3n) is 3.63. The molecule has 5 heteroatoms. The van der Waals surface area contributed by atoms with Gasteiger partial charge in [-0.25, -0.2) is 0 Å². The molecule has 0 aromatic heterocycles. The van der Waals surface area contributed by atoms with E-state index in [9.17, 15) is 9.59 Å². The van der Waals surface area contributed by atoms with Crippen LogP contribution in [-0.4, -0.2) is 17.9 Å². The number of nitrogens with one attached hydrogen (secondary N) is 2. The molecule has 0 saturated carbocycles. The molecular weight excluding hydrogens is 290 g/mol. The molecular formula is C18H21N3O2. The molecule has 0 aliphatic carbocycles. The summed E-state index contributed by atoms with van der Waals surface area (Å²) in [7, 11) is 0. The van der Waals surface area contributed by atoms with Crippen molar-refractivity contribution in [3.05, 3.63) is 65.7 Å². The molecule has 0 unspecified atom stereocenters. The van der Waals surface area contributed by atoms with E-state index in [0.717, 1.165) is 5.56 Å². The lowest BCUT2D eigenvalue weighted by Crippen LogP contribution is -2.39. The zero-order valence-electron chi connectivity index (χ0n) is 13.2. The molecule has 23 heavy (non-hydrogen) atoms. The van der Waals surface area contributed by atoms with E-state index >= 15 is 0 Å². The molecule has 2 rings (SSSR count). The molecule has 2 atom stereocenters. The van der Waals surface area contributed by atoms with Gasteiger partial charge in [0.05, 0.1) is 6.04 Å². The Morgan fingerprint density at radius 1 is 0.957 bits per heavy atom. The quantitative estimate of drug-likeness (QED) is 0.766. The van der Waals surface area contributed by atoms with Gasteiger partial charge in [0.25, 0.3) is 0 Å². The number of primary amides is 1. The molecule has 0 saturated heterocycles. The molecule has 0 bridgehead atoms. The van der Waals surface area contributed by atoms with Gasteiger partial charge in [-0.1, -0.05) is 30.3 Å². The molecule has 0 heterocycles. The topological polar surface area (TPSA) is 84.2 Å². The second-order valence-electron chi connectivity index (χ2n) is 5.45. The maximum Gasteiger partial charge on any atom is 0.248 e. The molecule has 4 N–H and O–H groups in total. The second kappa shape index (κ2) is 7.56. The first-order valence-corrected chi connectivity index (χ1v) is 7.49. The summed E-state index contributed by atoms with van der Waals surface area (Å²) in [5.74, 6) is -0.630. The molecule has 0 fully saturated rings. The van der Waals surface area contributed by atoms with Gasteiger partial charge in [0.1, 0.15) is 0 Å². The van der Waals surface area contributed by atoms with Crippen molar-refractivity contribution in [3.8, 4) is 0 Å². The van der Waals surface area contributed by atoms with Crippen molar-refractivity contribution >= 4 is 17.5 Å². The van der Waals surface area contributed by atoms with Gasteiger partial charge in [0, 0.05) is 17.3 Å². The minimum atomic E-state index is -0.491. The Kier molecular flexibility index (Phi) is 5.49. The molecule has 120 valence electrons. The number of carbonyl (C=O) groups excluding carboxylic acids is 2. The van der Waals surface area contributed by atoms with Gasteiger partial charge >= 0.3 is 0 Å². The van der Waals surface area contributed by atoms with E-state index in [-0.39, 0.29) is 18.0 Å². The summed E-state index contributed by atoms with van der Waals surface area (Å²) in [5.41, 5.74) is 7.35. The molecule has 0 aliphatic heterocycles. The Bertz CT molecular complexity index is 668. The Balaban J connectivity index is 1.93. The Labute approximate surface area is 135 Å². The van der Waals surface area contributed by atoms with Gasteiger partial charge in [-0.3, -0.25) is 14.9 Å². The van der Waals surface area contributed by atoms with E-state index in [4.69, 9.17) is 5.73 Å². The number of anilines is 1. The van der Waals surface area contributed by atoms with Crippen molar-refractivity contribution < 1.29 is 9.59 Å². The second-order valence-corrected chi connectivity index (χ2v) is 5.45. The Morgan fingerprint density at radius 3 is 2.13 bits per heavy atom. The normalized spacial score (nSPS) is 13.1. The smallest absolute Gasteiger partial charge is 0.248 e. The van der Waals surface area contributed by atoms with Gasteiger partial charge in [0.2, 0.25) is 11.8 Å². The van der Waals surface area contributed by atoms with Crippen molar-refractivity contribution in [1.82, 2.24) is 5.32 Å². The fourth-order valence-electron chi connectivity index (χ4n) is 2.26. The van der Waals surface area contributed by atoms with Crippen LogP contribution in [0.4, 0.5) is 5.69 Å². The third kappa shape index (κ3) is 4.66. The Morgan fingerprint density at radius 2 is 1.57 bits per heavy atom. The predicted octanol–water partition coefficient (Wildman–Crippen LogP) is 2.46. The van der Waals surface area contributed by atoms with Gasteiger partial charge < -0.3 is 11.1 Å². The molecule has 0 radical (unpaired) electrons. The van der Waals surface area contributed by atoms with Crippen molar-refractivity contribution in [2.45, 2.75) is 25.9 Å². The number of rotatable bonds is 6. The largest absolute Gasteiger partial charge is 0.366 e. The van der Waals surface area contributed by atoms with Crippen molar-refractivity contribution in [2.75, 3.05) is 5.32 Å². The number of hydrogen-bond acceptors (Lipinski definition) is 3. The van der Waals surface area contributed by atoms with E-state index < -0.39 is 5.91 Å². The van der Waals surface area contributed by atoms with Crippen molar-refractivity contribution in [2.24, 2.45) is 5.73 Å². The summed E-state index contributed by atoms with van der Waals surface area (Å²) in [6.07, 6.45) is 0. The van der Waals surface area contributed by atoms with E-state index in [1.165, 1.54) is 0 Å². The lowest BCUT2D eigenvalue weighted by molar-refractivity contribution is -0.117. The lowest BCUT2D eigenvalue weighted by atomic mass is 10.1. The monoisotopic (exact) mass is 311 g/mol. The SMILES string of the molecule is C[C@H](N[C@H](C)c1ccccc1)C(=O)Nc1ccc(C(N)=O)cc1. The van der Waals surface area contributed by atoms with Crippen LogP contribution in [0.1, 0.15) is 35.8 Å². The lowest BCUT2D eigenvalue weighted by Gasteiger charge is -2.20. The van der Waals surface area contributed by atoms with Crippen LogP contribution < -0.4 is 16.4 Å². The van der Waals surface area contributed by atoms with E-state index in [0.29, 0.717) is 11.3 Å². The molecule has 0 aliphatic rings. The number of amides is 2. The first-order valence-electron chi connectivity index (χ1n) is 7.49. The van der Waals surface area contributed by atoms with E-state index in [2.05, 4.69) is 10.6 Å². The minimum Gasteiger partial charge on any atom is -0.366 e. The van der Waals surface area contributed by atoms with Crippen molar-refractivity contribution in [3.63, 3.8) is 0 Å². The molecule has 0 spiro atoms. The highest BCUT2D eigenvalue weighted by Crippen LogP contribution is 2.13. The molecule has 5 nitrogen and oxygen atoms in total. The zero-order chi connectivity index (χ0) is 16.8. The average molecular weight is 311 g/mol. The minimum absolute atomic E-state index is 0.0641. The summed E-state index contributed by atoms with van der Waals surface area (Å²) in [4.78, 5) is 23.3. The van der Waals surface area contributed by atoms with Crippen LogP contribution in [0.2, 0.25) is 0 Å². The number of hydrogen-bond donors (Lipinski definition) is 3. The van der Waals surface area contributed by atoms with Crippen LogP contribution in [0.15, 0.2) is 54.6 Å². The Hall–Kier alpha value is -2.66. The van der Waals surface area contributed by atoms with Crippen LogP contribution in [0.3, 0.4) is 0 Å². The zero-order valence-corrected chi connectivity index (χ0v) is 13.2. The highest BCUT2D eigenvalue weighted by Gasteiger charge is 2.16. The van der Waals surface area contributed by atoms with E-state index in [1.54, 1.807) is 24.3 Å². The predicted molar refractivity (Wildman–Crippen MR) is 91.0 cm³/mol. The fraction of sp³-hybridized carbons (Fsp3) is 0.222. The summed E-state index contributed by atoms with van der Waals surface area (Å²) in [5, 5.41) is 6.07. The van der Waals surface area contributed by atoms with Crippen LogP contribution in [0, 0.1) is 0 Å². The fourth-order valence-corrected chi connectivity index (χ4v) is 2.26. The standard InChI is InChI=1S/C18H21N3O2/c1-12(14-6-4-3-5-7-14)20-13(2)18(23)21-16-10-8-15(9-11-16)17(19)22/h3-13,20H,1-2H3,(H2,19,22)(H,21,23)/t12-,13+/m1/s1. The van der Waals surface area contributed by atoms with Gasteiger partial charge in [0.15, 0.2) is 0 Å². The van der Waals surface area contributed by atoms with Crippen LogP contribution >= 0.6 is 0 Å². The molecule has 2 amide bonds. The van der Waals surface area contributed by atoms with Gasteiger partial charge in [-0.15, -0.1) is 0 Å². The average Bonchev–Trinajstić information content (AvgIpc) is 2.56. The summed E-state index contributed by atoms with van der Waals surface area (Å²) in [6.45, 7) is 3.83. The van der Waals surface area contributed by atoms with Gasteiger partial charge in [-0.05, 0) is 43.7 Å².